The van der Waals surface area contributed by atoms with E-state index in [9.17, 15) is 33.9 Å². The molecule has 8 rings (SSSR count). The Labute approximate surface area is 386 Å². The highest BCUT2D eigenvalue weighted by Gasteiger charge is 2.35. The van der Waals surface area contributed by atoms with Gasteiger partial charge in [-0.2, -0.15) is 0 Å². The summed E-state index contributed by atoms with van der Waals surface area (Å²) in [5.41, 5.74) is 8.23. The average molecular weight is 901 g/mol. The number of esters is 1. The summed E-state index contributed by atoms with van der Waals surface area (Å²) in [5.74, 6) is -2.51. The van der Waals surface area contributed by atoms with Gasteiger partial charge in [0.05, 0.1) is 12.8 Å². The lowest BCUT2D eigenvalue weighted by atomic mass is 9.98. The molecule has 0 unspecified atom stereocenters. The molecule has 4 aliphatic rings. The molecule has 2 saturated heterocycles. The van der Waals surface area contributed by atoms with E-state index in [1.54, 1.807) is 30.6 Å². The van der Waals surface area contributed by atoms with Crippen LogP contribution in [-0.4, -0.2) is 108 Å². The van der Waals surface area contributed by atoms with E-state index in [1.807, 2.05) is 72.8 Å². The third-order valence-electron chi connectivity index (χ3n) is 12.4. The Hall–Kier alpha value is -6.70. The van der Waals surface area contributed by atoms with Crippen LogP contribution in [0.25, 0.3) is 22.3 Å². The molecule has 2 heterocycles. The van der Waals surface area contributed by atoms with Crippen LogP contribution in [0, 0.1) is 0 Å². The number of aliphatic carboxylic acids is 1. The maximum Gasteiger partial charge on any atom is 0.407 e. The fourth-order valence-electron chi connectivity index (χ4n) is 9.36. The summed E-state index contributed by atoms with van der Waals surface area (Å²) < 4.78 is 16.5. The van der Waals surface area contributed by atoms with Gasteiger partial charge in [-0.15, -0.1) is 0 Å². The molecule has 2 aliphatic heterocycles. The van der Waals surface area contributed by atoms with E-state index in [2.05, 4.69) is 34.9 Å². The molecular formula is C52H60N4O10. The smallest absolute Gasteiger partial charge is 0.407 e. The van der Waals surface area contributed by atoms with E-state index >= 15 is 0 Å². The molecule has 0 spiro atoms. The molecule has 0 aromatic heterocycles. The Morgan fingerprint density at radius 3 is 1.21 bits per heavy atom. The van der Waals surface area contributed by atoms with Crippen LogP contribution in [-0.2, 0) is 33.4 Å². The van der Waals surface area contributed by atoms with Gasteiger partial charge in [-0.05, 0) is 104 Å². The topological polar surface area (TPSA) is 181 Å². The standard InChI is InChI=1S/C28H34N2O5.C24H26N2O5/c1-28(2,3)35-25(31)17-24(26(32)30-15-9-4-10-16-30)29-27(33)34-18-23-21-13-7-5-11-19(21)20-12-6-8-14-22(20)23;27-22(28)14-21(23(29)26-12-6-1-7-13-26)25-24(30)31-15-20-18-10-4-2-8-16(18)17-9-3-5-11-19(17)20/h5-8,11-14,23-24H,4,9-10,15-18H2,1-3H3,(H,29,33);2-5,8-11,20-21H,1,6-7,12-15H2,(H,25,30)(H,27,28)/t24-;21-/m00/s1. The summed E-state index contributed by atoms with van der Waals surface area (Å²) in [4.78, 5) is 78.3. The molecule has 348 valence electrons. The van der Waals surface area contributed by atoms with Crippen molar-refractivity contribution in [2.75, 3.05) is 39.4 Å². The number of carboxylic acid groups (broad SMARTS) is 1. The lowest BCUT2D eigenvalue weighted by Crippen LogP contribution is -2.51. The van der Waals surface area contributed by atoms with Crippen LogP contribution in [0.1, 0.15) is 106 Å². The van der Waals surface area contributed by atoms with Crippen LogP contribution in [0.15, 0.2) is 97.1 Å². The molecule has 14 nitrogen and oxygen atoms in total. The molecule has 66 heavy (non-hydrogen) atoms. The normalized spacial score (nSPS) is 16.2. The zero-order valence-electron chi connectivity index (χ0n) is 38.0. The molecule has 2 fully saturated rings. The van der Waals surface area contributed by atoms with Crippen molar-refractivity contribution in [3.8, 4) is 22.3 Å². The first kappa shape index (κ1) is 47.3. The molecule has 0 bridgehead atoms. The number of benzene rings is 4. The minimum absolute atomic E-state index is 0.0877. The van der Waals surface area contributed by atoms with Gasteiger partial charge in [0.1, 0.15) is 30.9 Å². The highest BCUT2D eigenvalue weighted by atomic mass is 16.6. The van der Waals surface area contributed by atoms with Gasteiger partial charge < -0.3 is 39.8 Å². The molecule has 4 aromatic carbocycles. The predicted octanol–water partition coefficient (Wildman–Crippen LogP) is 8.02. The lowest BCUT2D eigenvalue weighted by Gasteiger charge is -2.31. The Kier molecular flexibility index (Phi) is 15.4. The van der Waals surface area contributed by atoms with Crippen LogP contribution < -0.4 is 10.6 Å². The van der Waals surface area contributed by atoms with Gasteiger partial charge >= 0.3 is 24.1 Å². The minimum atomic E-state index is -1.14. The number of hydrogen-bond donors (Lipinski definition) is 3. The third kappa shape index (κ3) is 11.8. The summed E-state index contributed by atoms with van der Waals surface area (Å²) >= 11 is 0. The number of nitrogens with zero attached hydrogens (tertiary/aromatic N) is 2. The summed E-state index contributed by atoms with van der Waals surface area (Å²) in [6.07, 6.45) is 3.51. The van der Waals surface area contributed by atoms with Gasteiger partial charge in [-0.1, -0.05) is 97.1 Å². The first-order valence-corrected chi connectivity index (χ1v) is 23.0. The lowest BCUT2D eigenvalue weighted by molar-refractivity contribution is -0.157. The number of carboxylic acids is 1. The molecule has 14 heteroatoms. The van der Waals surface area contributed by atoms with Gasteiger partial charge in [-0.3, -0.25) is 19.2 Å². The van der Waals surface area contributed by atoms with Crippen molar-refractivity contribution < 1.29 is 48.1 Å². The number of likely N-dealkylation sites (tertiary alicyclic amines) is 2. The molecule has 0 saturated carbocycles. The van der Waals surface area contributed by atoms with Crippen molar-refractivity contribution in [3.63, 3.8) is 0 Å². The molecule has 4 aromatic rings. The van der Waals surface area contributed by atoms with Crippen molar-refractivity contribution in [1.82, 2.24) is 20.4 Å². The molecular weight excluding hydrogens is 841 g/mol. The van der Waals surface area contributed by atoms with Crippen molar-refractivity contribution >= 4 is 35.9 Å². The first-order chi connectivity index (χ1) is 31.8. The number of rotatable bonds is 12. The second-order valence-corrected chi connectivity index (χ2v) is 18.2. The zero-order valence-corrected chi connectivity index (χ0v) is 38.0. The highest BCUT2D eigenvalue weighted by Crippen LogP contribution is 2.45. The number of nitrogens with one attached hydrogen (secondary N) is 2. The number of alkyl carbamates (subject to hydrolysis) is 2. The fraction of sp³-hybridized carbons (Fsp3) is 0.423. The van der Waals surface area contributed by atoms with E-state index in [4.69, 9.17) is 14.2 Å². The number of carbonyl (C=O) groups excluding carboxylic acids is 5. The van der Waals surface area contributed by atoms with Gasteiger partial charge in [0.15, 0.2) is 0 Å². The van der Waals surface area contributed by atoms with E-state index < -0.39 is 48.2 Å². The first-order valence-electron chi connectivity index (χ1n) is 23.0. The number of fused-ring (bicyclic) bond motifs is 6. The van der Waals surface area contributed by atoms with Crippen LogP contribution in [0.5, 0.6) is 0 Å². The highest BCUT2D eigenvalue weighted by molar-refractivity contribution is 5.91. The van der Waals surface area contributed by atoms with Crippen molar-refractivity contribution in [2.45, 2.75) is 102 Å². The van der Waals surface area contributed by atoms with E-state index in [-0.39, 0.29) is 43.3 Å². The van der Waals surface area contributed by atoms with Gasteiger partial charge in [0.2, 0.25) is 11.8 Å². The maximum absolute atomic E-state index is 13.2. The maximum atomic E-state index is 13.2. The van der Waals surface area contributed by atoms with E-state index in [0.717, 1.165) is 83.0 Å². The Morgan fingerprint density at radius 2 is 0.879 bits per heavy atom. The summed E-state index contributed by atoms with van der Waals surface area (Å²) in [5, 5.41) is 14.3. The third-order valence-corrected chi connectivity index (χ3v) is 12.4. The quantitative estimate of drug-likeness (QED) is 0.0931. The largest absolute Gasteiger partial charge is 0.481 e. The fourth-order valence-corrected chi connectivity index (χ4v) is 9.36. The van der Waals surface area contributed by atoms with Gasteiger partial charge in [-0.25, -0.2) is 9.59 Å². The Balaban J connectivity index is 0.000000198. The Morgan fingerprint density at radius 1 is 0.545 bits per heavy atom. The zero-order chi connectivity index (χ0) is 46.8. The predicted molar refractivity (Wildman–Crippen MR) is 248 cm³/mol. The molecule has 4 amide bonds. The average Bonchev–Trinajstić information content (AvgIpc) is 3.81. The summed E-state index contributed by atoms with van der Waals surface area (Å²) in [7, 11) is 0. The minimum Gasteiger partial charge on any atom is -0.481 e. The number of carbonyl (C=O) groups is 6. The SMILES string of the molecule is CC(C)(C)OC(=O)C[C@H](NC(=O)OCC1c2ccccc2-c2ccccc21)C(=O)N1CCCCC1.O=C(O)C[C@H](NC(=O)OCC1c2ccccc2-c2ccccc21)C(=O)N1CCCCC1. The van der Waals surface area contributed by atoms with E-state index in [0.29, 0.717) is 26.2 Å². The van der Waals surface area contributed by atoms with Gasteiger partial charge in [0, 0.05) is 38.0 Å². The second-order valence-electron chi connectivity index (χ2n) is 18.2. The van der Waals surface area contributed by atoms with Gasteiger partial charge in [0.25, 0.3) is 0 Å². The number of piperidine rings is 2. The molecule has 3 N–H and O–H groups in total. The monoisotopic (exact) mass is 900 g/mol. The molecule has 0 radical (unpaired) electrons. The second kappa shape index (κ2) is 21.5. The van der Waals surface area contributed by atoms with Crippen LogP contribution in [0.4, 0.5) is 9.59 Å². The van der Waals surface area contributed by atoms with Crippen molar-refractivity contribution in [1.29, 1.82) is 0 Å². The van der Waals surface area contributed by atoms with E-state index in [1.165, 1.54) is 0 Å². The number of hydrogen-bond acceptors (Lipinski definition) is 9. The van der Waals surface area contributed by atoms with Crippen LogP contribution in [0.3, 0.4) is 0 Å². The number of ether oxygens (including phenoxy) is 3. The van der Waals surface area contributed by atoms with Crippen molar-refractivity contribution in [3.05, 3.63) is 119 Å². The number of amides is 4. The molecule has 2 atom stereocenters. The van der Waals surface area contributed by atoms with Crippen LogP contribution in [0.2, 0.25) is 0 Å². The van der Waals surface area contributed by atoms with Crippen molar-refractivity contribution in [2.24, 2.45) is 0 Å². The molecule has 2 aliphatic carbocycles. The Bertz CT molecular complexity index is 2310. The van der Waals surface area contributed by atoms with Crippen LogP contribution >= 0.6 is 0 Å². The summed E-state index contributed by atoms with van der Waals surface area (Å²) in [6.45, 7) is 7.96. The summed E-state index contributed by atoms with van der Waals surface area (Å²) in [6, 6.07) is 30.0.